The number of ketones is 1. The number of amides is 5. The van der Waals surface area contributed by atoms with Gasteiger partial charge in [0.25, 0.3) is 0 Å². The van der Waals surface area contributed by atoms with Crippen LogP contribution in [0, 0.1) is 5.92 Å². The predicted octanol–water partition coefficient (Wildman–Crippen LogP) is 0.503. The lowest BCUT2D eigenvalue weighted by Crippen LogP contribution is -2.46. The molecule has 1 rings (SSSR count). The van der Waals surface area contributed by atoms with Crippen LogP contribution in [0.4, 0.5) is 4.79 Å². The molecular weight excluding hydrogens is 682 g/mol. The average molecular weight is 746 g/mol. The molecule has 1 saturated carbocycles. The summed E-state index contributed by atoms with van der Waals surface area (Å²) in [5, 5.41) is 22.0. The van der Waals surface area contributed by atoms with E-state index in [1.54, 1.807) is 20.8 Å². The maximum atomic E-state index is 13.0. The van der Waals surface area contributed by atoms with Gasteiger partial charge >= 0.3 is 6.09 Å². The molecule has 0 saturated heterocycles. The molecule has 0 radical (unpaired) electrons. The second-order valence-corrected chi connectivity index (χ2v) is 13.4. The van der Waals surface area contributed by atoms with Crippen molar-refractivity contribution in [3.63, 3.8) is 0 Å². The van der Waals surface area contributed by atoms with E-state index in [1.165, 1.54) is 19.3 Å². The fourth-order valence-electron chi connectivity index (χ4n) is 5.05. The van der Waals surface area contributed by atoms with Gasteiger partial charge in [-0.1, -0.05) is 44.9 Å². The number of Topliss-reactive ketones (excluding diaryl/α,β-unsaturated/α-hetero) is 1. The number of aliphatic hydroxyl groups is 1. The van der Waals surface area contributed by atoms with E-state index in [2.05, 4.69) is 26.6 Å². The first-order valence-corrected chi connectivity index (χ1v) is 18.4. The van der Waals surface area contributed by atoms with Crippen molar-refractivity contribution >= 4 is 35.5 Å². The number of aliphatic hydroxyl groups excluding tert-OH is 1. The summed E-state index contributed by atoms with van der Waals surface area (Å²) < 4.78 is 26.7. The topological polar surface area (TPSA) is 229 Å². The molecule has 1 fully saturated rings. The molecule has 0 bridgehead atoms. The van der Waals surface area contributed by atoms with Crippen LogP contribution < -0.4 is 26.6 Å². The van der Waals surface area contributed by atoms with Crippen molar-refractivity contribution < 1.29 is 57.6 Å². The van der Waals surface area contributed by atoms with Gasteiger partial charge in [0, 0.05) is 18.9 Å². The van der Waals surface area contributed by atoms with Gasteiger partial charge in [-0.3, -0.25) is 24.0 Å². The third-order valence-corrected chi connectivity index (χ3v) is 7.71. The average Bonchev–Trinajstić information content (AvgIpc) is 3.10. The molecule has 1 unspecified atom stereocenters. The van der Waals surface area contributed by atoms with Crippen molar-refractivity contribution in [3.05, 3.63) is 0 Å². The van der Waals surface area contributed by atoms with Crippen LogP contribution in [-0.4, -0.2) is 138 Å². The van der Waals surface area contributed by atoms with Gasteiger partial charge in [-0.05, 0) is 33.6 Å². The lowest BCUT2D eigenvalue weighted by atomic mass is 9.86. The summed E-state index contributed by atoms with van der Waals surface area (Å²) >= 11 is 0. The second kappa shape index (κ2) is 29.1. The number of ether oxygens (including phenoxy) is 5. The zero-order chi connectivity index (χ0) is 38.5. The Labute approximate surface area is 307 Å². The number of rotatable bonds is 25. The number of carbonyl (C=O) groups excluding carboxylic acids is 6. The molecule has 0 aliphatic heterocycles. The number of hydrogen-bond donors (Lipinski definition) is 6. The van der Waals surface area contributed by atoms with Gasteiger partial charge in [0.2, 0.25) is 23.6 Å². The van der Waals surface area contributed by atoms with E-state index in [0.717, 1.165) is 38.5 Å². The Hall–Kier alpha value is -3.38. The Morgan fingerprint density at radius 2 is 1.04 bits per heavy atom. The SMILES string of the molecule is CC(C)(C)OC(=O)NCC(=O)NCC(=O)NCC(=O)NCCOCCOCCOCCOCCC(=O)NC(CO)C(=O)C1CCCCCCCCC1. The quantitative estimate of drug-likeness (QED) is 0.0703. The van der Waals surface area contributed by atoms with Gasteiger partial charge < -0.3 is 55.4 Å². The highest BCUT2D eigenvalue weighted by Gasteiger charge is 2.27. The molecule has 1 aliphatic rings. The Morgan fingerprint density at radius 3 is 1.54 bits per heavy atom. The molecule has 300 valence electrons. The molecule has 52 heavy (non-hydrogen) atoms. The van der Waals surface area contributed by atoms with Crippen molar-refractivity contribution in [1.82, 2.24) is 26.6 Å². The molecule has 0 aromatic rings. The molecule has 6 N–H and O–H groups in total. The Morgan fingerprint density at radius 1 is 0.596 bits per heavy atom. The number of nitrogens with one attached hydrogen (secondary N) is 5. The summed E-state index contributed by atoms with van der Waals surface area (Å²) in [5.41, 5.74) is -0.701. The van der Waals surface area contributed by atoms with Crippen LogP contribution >= 0.6 is 0 Å². The summed E-state index contributed by atoms with van der Waals surface area (Å²) in [6.07, 6.45) is 8.85. The van der Waals surface area contributed by atoms with Crippen molar-refractivity contribution in [3.8, 4) is 0 Å². The van der Waals surface area contributed by atoms with Crippen LogP contribution in [0.2, 0.25) is 0 Å². The molecule has 17 nitrogen and oxygen atoms in total. The molecule has 17 heteroatoms. The summed E-state index contributed by atoms with van der Waals surface area (Å²) in [6.45, 7) is 6.26. The third-order valence-electron chi connectivity index (χ3n) is 7.71. The van der Waals surface area contributed by atoms with E-state index in [4.69, 9.17) is 23.7 Å². The molecule has 1 aliphatic carbocycles. The van der Waals surface area contributed by atoms with Crippen LogP contribution in [0.1, 0.15) is 85.0 Å². The Bertz CT molecular complexity index is 1050. The molecule has 0 heterocycles. The van der Waals surface area contributed by atoms with Crippen LogP contribution in [0.5, 0.6) is 0 Å². The summed E-state index contributed by atoms with van der Waals surface area (Å²) in [5.74, 6) is -2.10. The highest BCUT2D eigenvalue weighted by Crippen LogP contribution is 2.23. The van der Waals surface area contributed by atoms with Crippen LogP contribution in [0.15, 0.2) is 0 Å². The van der Waals surface area contributed by atoms with E-state index >= 15 is 0 Å². The standard InChI is InChI=1S/C35H63N5O12/c1-35(2,3)52-34(47)39-25-32(45)38-24-31(44)37-23-30(43)36-14-16-49-18-20-51-22-21-50-19-17-48-15-13-29(42)40-28(26-41)33(46)27-11-9-7-5-4-6-8-10-12-27/h27-28,41H,4-26H2,1-3H3,(H,36,43)(H,37,44)(H,38,45)(H,39,47)(H,40,42). The van der Waals surface area contributed by atoms with E-state index in [0.29, 0.717) is 39.6 Å². The van der Waals surface area contributed by atoms with Gasteiger partial charge in [-0.15, -0.1) is 0 Å². The summed E-state index contributed by atoms with van der Waals surface area (Å²) in [6, 6.07) is -0.874. The van der Waals surface area contributed by atoms with Crippen LogP contribution in [0.25, 0.3) is 0 Å². The van der Waals surface area contributed by atoms with Crippen molar-refractivity contribution in [2.24, 2.45) is 5.92 Å². The highest BCUT2D eigenvalue weighted by atomic mass is 16.6. The summed E-state index contributed by atoms with van der Waals surface area (Å²) in [4.78, 5) is 72.3. The first-order chi connectivity index (χ1) is 24.9. The van der Waals surface area contributed by atoms with E-state index in [1.807, 2.05) is 0 Å². The second-order valence-electron chi connectivity index (χ2n) is 13.4. The minimum Gasteiger partial charge on any atom is -0.444 e. The number of carbonyl (C=O) groups is 6. The van der Waals surface area contributed by atoms with Crippen molar-refractivity contribution in [2.45, 2.75) is 96.6 Å². The monoisotopic (exact) mass is 745 g/mol. The Kier molecular flexibility index (Phi) is 26.1. The van der Waals surface area contributed by atoms with Crippen molar-refractivity contribution in [2.75, 3.05) is 85.6 Å². The van der Waals surface area contributed by atoms with Gasteiger partial charge in [0.05, 0.1) is 72.6 Å². The predicted molar refractivity (Wildman–Crippen MR) is 190 cm³/mol. The van der Waals surface area contributed by atoms with Gasteiger partial charge in [-0.2, -0.15) is 0 Å². The number of alkyl carbamates (subject to hydrolysis) is 1. The molecule has 0 aromatic heterocycles. The van der Waals surface area contributed by atoms with E-state index < -0.39 is 42.1 Å². The molecular formula is C35H63N5O12. The Balaban J connectivity index is 1.95. The first kappa shape index (κ1) is 46.6. The fourth-order valence-corrected chi connectivity index (χ4v) is 5.05. The zero-order valence-corrected chi connectivity index (χ0v) is 31.4. The van der Waals surface area contributed by atoms with Crippen LogP contribution in [-0.2, 0) is 47.7 Å². The zero-order valence-electron chi connectivity index (χ0n) is 31.4. The highest BCUT2D eigenvalue weighted by molar-refractivity contribution is 5.91. The lowest BCUT2D eigenvalue weighted by molar-refractivity contribution is -0.132. The van der Waals surface area contributed by atoms with E-state index in [-0.39, 0.29) is 63.4 Å². The van der Waals surface area contributed by atoms with Gasteiger partial charge in [-0.25, -0.2) is 4.79 Å². The first-order valence-electron chi connectivity index (χ1n) is 18.4. The fraction of sp³-hybridized carbons (Fsp3) is 0.829. The van der Waals surface area contributed by atoms with E-state index in [9.17, 15) is 33.9 Å². The minimum absolute atomic E-state index is 0.0697. The molecule has 5 amide bonds. The third kappa shape index (κ3) is 26.4. The van der Waals surface area contributed by atoms with Gasteiger partial charge in [0.1, 0.15) is 18.2 Å². The molecule has 0 spiro atoms. The molecule has 1 atom stereocenters. The van der Waals surface area contributed by atoms with Crippen LogP contribution in [0.3, 0.4) is 0 Å². The van der Waals surface area contributed by atoms with Crippen molar-refractivity contribution in [1.29, 1.82) is 0 Å². The summed E-state index contributed by atoms with van der Waals surface area (Å²) in [7, 11) is 0. The number of hydrogen-bond acceptors (Lipinski definition) is 12. The maximum Gasteiger partial charge on any atom is 0.408 e. The maximum absolute atomic E-state index is 13.0. The lowest BCUT2D eigenvalue weighted by Gasteiger charge is -2.23. The smallest absolute Gasteiger partial charge is 0.408 e. The van der Waals surface area contributed by atoms with Gasteiger partial charge in [0.15, 0.2) is 5.78 Å². The molecule has 0 aromatic carbocycles. The normalized spacial score (nSPS) is 14.8. The largest absolute Gasteiger partial charge is 0.444 e. The minimum atomic E-state index is -0.874.